The van der Waals surface area contributed by atoms with Gasteiger partial charge >= 0.3 is 23.5 Å². The summed E-state index contributed by atoms with van der Waals surface area (Å²) in [6, 6.07) is 6.53. The maximum absolute atomic E-state index is 12.7. The highest BCUT2D eigenvalue weighted by molar-refractivity contribution is 7.66. The van der Waals surface area contributed by atoms with Crippen molar-refractivity contribution >= 4 is 57.8 Å². The summed E-state index contributed by atoms with van der Waals surface area (Å²) in [5, 5.41) is 2.95. The van der Waals surface area contributed by atoms with Crippen molar-refractivity contribution in [1.29, 1.82) is 0 Å². The van der Waals surface area contributed by atoms with Crippen LogP contribution in [-0.4, -0.2) is 110 Å². The van der Waals surface area contributed by atoms with Gasteiger partial charge in [-0.2, -0.15) is 8.62 Å². The van der Waals surface area contributed by atoms with E-state index in [2.05, 4.69) is 42.3 Å². The Hall–Kier alpha value is -4.20. The van der Waals surface area contributed by atoms with Crippen LogP contribution in [0.1, 0.15) is 54.8 Å². The largest absolute Gasteiger partial charge is 0.490 e. The average Bonchev–Trinajstić information content (AvgIpc) is 3.75. The van der Waals surface area contributed by atoms with Gasteiger partial charge in [0.1, 0.15) is 54.9 Å². The van der Waals surface area contributed by atoms with E-state index in [-0.39, 0.29) is 55.6 Å². The Labute approximate surface area is 342 Å². The van der Waals surface area contributed by atoms with Crippen molar-refractivity contribution in [3.8, 4) is 17.6 Å². The summed E-state index contributed by atoms with van der Waals surface area (Å²) in [6.07, 6.45) is 1.65. The van der Waals surface area contributed by atoms with E-state index in [1.807, 2.05) is 0 Å². The number of carbonyl (C=O) groups excluding carboxylic acids is 3. The van der Waals surface area contributed by atoms with Crippen molar-refractivity contribution in [1.82, 2.24) is 19.9 Å². The third-order valence-electron chi connectivity index (χ3n) is 8.12. The van der Waals surface area contributed by atoms with Crippen LogP contribution < -0.4 is 15.8 Å². The molecule has 1 amide bonds. The zero-order chi connectivity index (χ0) is 44.1. The number of ketones is 2. The van der Waals surface area contributed by atoms with Gasteiger partial charge in [0.25, 0.3) is 0 Å². The monoisotopic (exact) mass is 903 g/mol. The molecule has 0 aliphatic carbocycles. The number of Topliss-reactive ketones (excluding diaryl/α,β-unsaturated/α-hetero) is 2. The minimum Gasteiger partial charge on any atom is -0.488 e. The van der Waals surface area contributed by atoms with Crippen LogP contribution in [0.5, 0.6) is 5.75 Å². The second kappa shape index (κ2) is 22.1. The number of hydrogen-bond acceptors (Lipinski definition) is 17. The third kappa shape index (κ3) is 15.4. The van der Waals surface area contributed by atoms with E-state index in [0.717, 1.165) is 0 Å². The summed E-state index contributed by atoms with van der Waals surface area (Å²) in [5.74, 6) is 5.52. The topological polar surface area (TPSA) is 326 Å². The molecule has 0 spiro atoms. The zero-order valence-electron chi connectivity index (χ0n) is 32.2. The van der Waals surface area contributed by atoms with Gasteiger partial charge in [-0.05, 0) is 25.5 Å². The number of aromatic nitrogens is 3. The normalized spacial score (nSPS) is 19.1. The summed E-state index contributed by atoms with van der Waals surface area (Å²) in [6.45, 7) is 3.75. The molecule has 2 aromatic heterocycles. The molecule has 0 radical (unpaired) electrons. The Morgan fingerprint density at radius 1 is 1.12 bits per heavy atom. The van der Waals surface area contributed by atoms with Crippen molar-refractivity contribution in [3.63, 3.8) is 0 Å². The third-order valence-corrected chi connectivity index (χ3v) is 11.9. The first-order valence-electron chi connectivity index (χ1n) is 17.7. The first kappa shape index (κ1) is 48.5. The molecule has 6 atom stereocenters. The molecule has 1 fully saturated rings. The summed E-state index contributed by atoms with van der Waals surface area (Å²) in [7, 11) is -15.4. The molecule has 0 bridgehead atoms. The van der Waals surface area contributed by atoms with Crippen molar-refractivity contribution in [2.75, 3.05) is 45.8 Å². The quantitative estimate of drug-likeness (QED) is 0.0247. The number of nitrogens with one attached hydrogen (secondary N) is 1. The first-order chi connectivity index (χ1) is 28.3. The van der Waals surface area contributed by atoms with Crippen LogP contribution >= 0.6 is 23.5 Å². The fourth-order valence-corrected chi connectivity index (χ4v) is 8.58. The highest BCUT2D eigenvalue weighted by atomic mass is 31.3. The maximum Gasteiger partial charge on any atom is 0.490 e. The maximum atomic E-state index is 12.7. The Bertz CT molecular complexity index is 2220. The van der Waals surface area contributed by atoms with Gasteiger partial charge in [-0.25, -0.2) is 23.7 Å². The van der Waals surface area contributed by atoms with Crippen molar-refractivity contribution < 1.29 is 84.5 Å². The summed E-state index contributed by atoms with van der Waals surface area (Å²) in [4.78, 5) is 81.5. The molecule has 1 aromatic carbocycles. The molecular weight excluding hydrogens is 859 g/mol. The molecule has 1 aliphatic heterocycles. The standard InChI is InChI=1S/C34H44N5O18P3/c1-4-14-51-31(20-52-25-11-6-9-23(15-25)26(41)12-5-8-22(2)40)53-19-29(42)36-13-7-10-24-17-39(34-32(24)33(35)37-21-38-34)30-16-27(50-3)28(55-30)18-54-59(46,47)57-60(48,49)56-58(43,44)45/h4,6,9,11,15,17,21,27-28,30-31H,1,5,8,12-14,16,18-20H2,2-3H3,(H,36,42)(H,46,47)(H,48,49)(H2,35,37,38)(H2,43,44,45)/t27-,28+,30?,31?/m0/s1. The van der Waals surface area contributed by atoms with Crippen molar-refractivity contribution in [2.24, 2.45) is 0 Å². The van der Waals surface area contributed by atoms with Crippen LogP contribution in [-0.2, 0) is 55.4 Å². The van der Waals surface area contributed by atoms with Gasteiger partial charge in [-0.1, -0.05) is 30.0 Å². The second-order valence-corrected chi connectivity index (χ2v) is 17.1. The lowest BCUT2D eigenvalue weighted by Crippen LogP contribution is -2.33. The van der Waals surface area contributed by atoms with E-state index in [9.17, 15) is 37.9 Å². The Morgan fingerprint density at radius 3 is 2.58 bits per heavy atom. The fraction of sp³-hybridized carbons (Fsp3) is 0.441. The van der Waals surface area contributed by atoms with Crippen molar-refractivity contribution in [2.45, 2.75) is 57.3 Å². The lowest BCUT2D eigenvalue weighted by molar-refractivity contribution is -0.162. The van der Waals surface area contributed by atoms with Gasteiger partial charge in [0.05, 0.1) is 36.8 Å². The van der Waals surface area contributed by atoms with Gasteiger partial charge in [0.2, 0.25) is 5.91 Å². The van der Waals surface area contributed by atoms with E-state index < -0.39 is 67.3 Å². The number of rotatable bonds is 24. The van der Waals surface area contributed by atoms with Gasteiger partial charge < -0.3 is 63.7 Å². The highest BCUT2D eigenvalue weighted by Gasteiger charge is 2.43. The van der Waals surface area contributed by atoms with Crippen LogP contribution in [0.2, 0.25) is 0 Å². The Morgan fingerprint density at radius 2 is 1.88 bits per heavy atom. The molecule has 4 rings (SSSR count). The van der Waals surface area contributed by atoms with Gasteiger partial charge in [0, 0.05) is 38.1 Å². The summed E-state index contributed by atoms with van der Waals surface area (Å²) < 4.78 is 77.1. The number of nitrogen functional groups attached to an aromatic ring is 1. The Balaban J connectivity index is 1.34. The molecule has 7 N–H and O–H groups in total. The van der Waals surface area contributed by atoms with E-state index in [1.54, 1.807) is 35.0 Å². The number of amides is 1. The van der Waals surface area contributed by atoms with Crippen LogP contribution in [0, 0.1) is 11.8 Å². The average molecular weight is 904 g/mol. The molecule has 23 nitrogen and oxygen atoms in total. The van der Waals surface area contributed by atoms with Crippen molar-refractivity contribution in [3.05, 3.63) is 60.6 Å². The molecule has 0 saturated carbocycles. The molecule has 1 saturated heterocycles. The molecule has 60 heavy (non-hydrogen) atoms. The predicted octanol–water partition coefficient (Wildman–Crippen LogP) is 2.69. The SMILES string of the molecule is C=CCOC(COc1cccc(C(=O)CCCC(C)=O)c1)OCC(=O)NCC#Cc1cn(C2C[C@H](OC)[C@@H](COP(=O)(O)OP(=O)(O)OP(=O)(O)O)O2)c2ncnc(N)c12. The van der Waals surface area contributed by atoms with E-state index in [1.165, 1.54) is 26.4 Å². The number of phosphoric ester groups is 1. The zero-order valence-corrected chi connectivity index (χ0v) is 34.9. The van der Waals surface area contributed by atoms with Crippen LogP contribution in [0.25, 0.3) is 11.0 Å². The number of phosphoric acid groups is 3. The molecule has 26 heteroatoms. The minimum atomic E-state index is -5.73. The molecule has 3 aromatic rings. The molecule has 3 heterocycles. The number of anilines is 1. The number of ether oxygens (including phenoxy) is 5. The lowest BCUT2D eigenvalue weighted by Gasteiger charge is -2.20. The Kier molecular flexibility index (Phi) is 17.8. The number of hydrogen-bond donors (Lipinski definition) is 6. The summed E-state index contributed by atoms with van der Waals surface area (Å²) in [5.41, 5.74) is 7.22. The second-order valence-electron chi connectivity index (χ2n) is 12.7. The van der Waals surface area contributed by atoms with E-state index in [4.69, 9.17) is 43.7 Å². The van der Waals surface area contributed by atoms with Crippen LogP contribution in [0.3, 0.4) is 0 Å². The van der Waals surface area contributed by atoms with E-state index in [0.29, 0.717) is 35.1 Å². The smallest absolute Gasteiger partial charge is 0.488 e. The first-order valence-corrected chi connectivity index (χ1v) is 22.2. The number of benzene rings is 1. The van der Waals surface area contributed by atoms with Gasteiger partial charge in [0.15, 0.2) is 12.1 Å². The number of fused-ring (bicyclic) bond motifs is 1. The van der Waals surface area contributed by atoms with Crippen LogP contribution in [0.4, 0.5) is 5.82 Å². The minimum absolute atomic E-state index is 0.0102. The molecule has 4 unspecified atom stereocenters. The number of carbonyl (C=O) groups is 3. The fourth-order valence-electron chi connectivity index (χ4n) is 5.55. The number of nitrogens with zero attached hydrogens (tertiary/aromatic N) is 3. The number of nitrogens with two attached hydrogens (primary N) is 1. The molecule has 1 aliphatic rings. The number of methoxy groups -OCH3 is 1. The molecular formula is C34H44N5O18P3. The van der Waals surface area contributed by atoms with Gasteiger partial charge in [-0.3, -0.25) is 14.1 Å². The van der Waals surface area contributed by atoms with Gasteiger partial charge in [-0.15, -0.1) is 6.58 Å². The molecule has 328 valence electrons. The predicted molar refractivity (Wildman–Crippen MR) is 208 cm³/mol. The van der Waals surface area contributed by atoms with E-state index >= 15 is 0 Å². The lowest BCUT2D eigenvalue weighted by atomic mass is 10.0. The summed E-state index contributed by atoms with van der Waals surface area (Å²) >= 11 is 0. The highest BCUT2D eigenvalue weighted by Crippen LogP contribution is 2.66. The van der Waals surface area contributed by atoms with Crippen LogP contribution in [0.15, 0.2) is 49.4 Å².